The summed E-state index contributed by atoms with van der Waals surface area (Å²) in [6.45, 7) is 6.48. The van der Waals surface area contributed by atoms with Gasteiger partial charge >= 0.3 is 0 Å². The van der Waals surface area contributed by atoms with Crippen LogP contribution in [0.4, 0.5) is 0 Å². The fraction of sp³-hybridized carbons (Fsp3) is 0.818. The van der Waals surface area contributed by atoms with Crippen molar-refractivity contribution >= 4 is 11.8 Å². The van der Waals surface area contributed by atoms with Crippen molar-refractivity contribution in [1.29, 1.82) is 0 Å². The number of aromatic nitrogens is 2. The Bertz CT molecular complexity index is 377. The van der Waals surface area contributed by atoms with E-state index in [2.05, 4.69) is 24.0 Å². The van der Waals surface area contributed by atoms with Gasteiger partial charge in [0.05, 0.1) is 5.54 Å². The van der Waals surface area contributed by atoms with E-state index in [-0.39, 0.29) is 5.41 Å². The third kappa shape index (κ3) is 2.25. The van der Waals surface area contributed by atoms with Gasteiger partial charge in [0.2, 0.25) is 5.89 Å². The largest absolute Gasteiger partial charge is 0.339 e. The molecule has 0 aromatic carbocycles. The number of nitrogens with zero attached hydrogens (tertiary/aromatic N) is 2. The van der Waals surface area contributed by atoms with Crippen molar-refractivity contribution in [1.82, 2.24) is 10.1 Å². The molecule has 1 aliphatic rings. The van der Waals surface area contributed by atoms with Crippen LogP contribution in [0.1, 0.15) is 38.9 Å². The molecule has 1 unspecified atom stereocenters. The lowest BCUT2D eigenvalue weighted by Gasteiger charge is -2.40. The van der Waals surface area contributed by atoms with E-state index in [0.717, 1.165) is 24.3 Å². The zero-order chi connectivity index (χ0) is 11.8. The Morgan fingerprint density at radius 3 is 2.75 bits per heavy atom. The molecule has 0 saturated carbocycles. The first-order chi connectivity index (χ1) is 7.45. The Labute approximate surface area is 100 Å². The maximum Gasteiger partial charge on any atom is 0.226 e. The van der Waals surface area contributed by atoms with Crippen LogP contribution in [0.15, 0.2) is 4.52 Å². The Kier molecular flexibility index (Phi) is 3.01. The molecule has 1 aromatic heterocycles. The molecular formula is C11H19N3OS. The molecule has 1 atom stereocenters. The number of rotatable bonds is 2. The summed E-state index contributed by atoms with van der Waals surface area (Å²) in [6.07, 6.45) is 1.68. The molecule has 0 radical (unpaired) electrons. The fourth-order valence-electron chi connectivity index (χ4n) is 2.21. The summed E-state index contributed by atoms with van der Waals surface area (Å²) in [7, 11) is 0. The molecule has 1 aliphatic heterocycles. The van der Waals surface area contributed by atoms with Crippen LogP contribution in [0.2, 0.25) is 0 Å². The van der Waals surface area contributed by atoms with Gasteiger partial charge in [-0.05, 0) is 17.6 Å². The van der Waals surface area contributed by atoms with Crippen molar-refractivity contribution in [3.8, 4) is 0 Å². The minimum absolute atomic E-state index is 0.241. The topological polar surface area (TPSA) is 64.9 Å². The molecule has 5 heteroatoms. The van der Waals surface area contributed by atoms with E-state index in [1.165, 1.54) is 0 Å². The third-order valence-electron chi connectivity index (χ3n) is 2.86. The highest BCUT2D eigenvalue weighted by molar-refractivity contribution is 7.99. The maximum atomic E-state index is 6.42. The number of hydrogen-bond acceptors (Lipinski definition) is 5. The summed E-state index contributed by atoms with van der Waals surface area (Å²) >= 11 is 1.87. The molecule has 2 N–H and O–H groups in total. The van der Waals surface area contributed by atoms with Gasteiger partial charge in [-0.15, -0.1) is 0 Å². The number of aryl methyl sites for hydroxylation is 1. The molecule has 0 spiro atoms. The molecule has 1 saturated heterocycles. The Morgan fingerprint density at radius 1 is 1.44 bits per heavy atom. The van der Waals surface area contributed by atoms with Gasteiger partial charge in [-0.3, -0.25) is 0 Å². The quantitative estimate of drug-likeness (QED) is 0.857. The normalized spacial score (nSPS) is 29.2. The molecule has 2 rings (SSSR count). The van der Waals surface area contributed by atoms with E-state index in [4.69, 9.17) is 10.3 Å². The molecule has 0 bridgehead atoms. The van der Waals surface area contributed by atoms with Crippen LogP contribution < -0.4 is 5.73 Å². The second-order valence-electron chi connectivity index (χ2n) is 5.36. The summed E-state index contributed by atoms with van der Waals surface area (Å²) in [4.78, 5) is 4.37. The van der Waals surface area contributed by atoms with Crippen molar-refractivity contribution in [3.63, 3.8) is 0 Å². The lowest BCUT2D eigenvalue weighted by molar-refractivity contribution is 0.254. The molecule has 2 heterocycles. The standard InChI is InChI=1S/C11H19N3OS/c1-4-8-13-9(14-15-8)11(12)5-10(2,3)6-16-7-11/h4-7,12H2,1-3H3. The van der Waals surface area contributed by atoms with E-state index < -0.39 is 5.54 Å². The summed E-state index contributed by atoms with van der Waals surface area (Å²) in [6, 6.07) is 0. The minimum atomic E-state index is -0.427. The van der Waals surface area contributed by atoms with E-state index in [1.54, 1.807) is 0 Å². The van der Waals surface area contributed by atoms with Gasteiger partial charge in [-0.25, -0.2) is 0 Å². The van der Waals surface area contributed by atoms with Crippen LogP contribution in [0.5, 0.6) is 0 Å². The smallest absolute Gasteiger partial charge is 0.226 e. The van der Waals surface area contributed by atoms with Gasteiger partial charge in [0.25, 0.3) is 0 Å². The Balaban J connectivity index is 2.24. The second-order valence-corrected chi connectivity index (χ2v) is 6.34. The molecule has 90 valence electrons. The van der Waals surface area contributed by atoms with Crippen molar-refractivity contribution < 1.29 is 4.52 Å². The maximum absolute atomic E-state index is 6.42. The van der Waals surface area contributed by atoms with Gasteiger partial charge in [-0.1, -0.05) is 25.9 Å². The van der Waals surface area contributed by atoms with Crippen LogP contribution in [-0.2, 0) is 12.0 Å². The zero-order valence-corrected chi connectivity index (χ0v) is 10.9. The van der Waals surface area contributed by atoms with Crippen molar-refractivity contribution in [2.45, 2.75) is 39.2 Å². The van der Waals surface area contributed by atoms with E-state index >= 15 is 0 Å². The molecule has 1 fully saturated rings. The molecule has 1 aromatic rings. The predicted molar refractivity (Wildman–Crippen MR) is 65.3 cm³/mol. The van der Waals surface area contributed by atoms with Crippen LogP contribution in [0, 0.1) is 5.41 Å². The minimum Gasteiger partial charge on any atom is -0.339 e. The van der Waals surface area contributed by atoms with Crippen LogP contribution >= 0.6 is 11.8 Å². The predicted octanol–water partition coefficient (Wildman–Crippen LogP) is 1.95. The molecular weight excluding hydrogens is 222 g/mol. The number of thioether (sulfide) groups is 1. The van der Waals surface area contributed by atoms with Gasteiger partial charge in [0.1, 0.15) is 0 Å². The lowest BCUT2D eigenvalue weighted by atomic mass is 9.80. The molecule has 4 nitrogen and oxygen atoms in total. The summed E-state index contributed by atoms with van der Waals surface area (Å²) < 4.78 is 5.15. The van der Waals surface area contributed by atoms with E-state index in [0.29, 0.717) is 11.7 Å². The first-order valence-corrected chi connectivity index (χ1v) is 6.80. The molecule has 0 aliphatic carbocycles. The average Bonchev–Trinajstić information content (AvgIpc) is 2.64. The Hall–Kier alpha value is -0.550. The number of hydrogen-bond donors (Lipinski definition) is 1. The van der Waals surface area contributed by atoms with Gasteiger partial charge in [-0.2, -0.15) is 16.7 Å². The monoisotopic (exact) mass is 241 g/mol. The number of nitrogens with two attached hydrogens (primary N) is 1. The summed E-state index contributed by atoms with van der Waals surface area (Å²) in [5, 5.41) is 4.02. The van der Waals surface area contributed by atoms with Gasteiger partial charge in [0.15, 0.2) is 5.82 Å². The molecule has 0 amide bonds. The first kappa shape index (κ1) is 11.9. The van der Waals surface area contributed by atoms with Crippen molar-refractivity contribution in [2.24, 2.45) is 11.1 Å². The average molecular weight is 241 g/mol. The second kappa shape index (κ2) is 4.04. The fourth-order valence-corrected chi connectivity index (χ4v) is 3.56. The Morgan fingerprint density at radius 2 is 2.19 bits per heavy atom. The van der Waals surface area contributed by atoms with Crippen LogP contribution in [0.3, 0.4) is 0 Å². The highest BCUT2D eigenvalue weighted by Gasteiger charge is 2.42. The third-order valence-corrected chi connectivity index (χ3v) is 4.57. The van der Waals surface area contributed by atoms with Gasteiger partial charge in [0, 0.05) is 12.2 Å². The van der Waals surface area contributed by atoms with Crippen molar-refractivity contribution in [2.75, 3.05) is 11.5 Å². The first-order valence-electron chi connectivity index (χ1n) is 5.65. The van der Waals surface area contributed by atoms with Crippen LogP contribution in [-0.4, -0.2) is 21.6 Å². The highest BCUT2D eigenvalue weighted by atomic mass is 32.2. The van der Waals surface area contributed by atoms with Crippen LogP contribution in [0.25, 0.3) is 0 Å². The SMILES string of the molecule is CCc1nc(C2(N)CSCC(C)(C)C2)no1. The summed E-state index contributed by atoms with van der Waals surface area (Å²) in [5.41, 5.74) is 6.23. The van der Waals surface area contributed by atoms with Gasteiger partial charge < -0.3 is 10.3 Å². The van der Waals surface area contributed by atoms with E-state index in [1.807, 2.05) is 18.7 Å². The zero-order valence-electron chi connectivity index (χ0n) is 10.1. The van der Waals surface area contributed by atoms with Crippen molar-refractivity contribution in [3.05, 3.63) is 11.7 Å². The highest BCUT2D eigenvalue weighted by Crippen LogP contribution is 2.41. The van der Waals surface area contributed by atoms with E-state index in [9.17, 15) is 0 Å². The lowest BCUT2D eigenvalue weighted by Crippen LogP contribution is -2.48. The summed E-state index contributed by atoms with van der Waals surface area (Å²) in [5.74, 6) is 3.36. The molecule has 16 heavy (non-hydrogen) atoms.